The molecule has 0 unspecified atom stereocenters. The minimum absolute atomic E-state index is 0.384. The van der Waals surface area contributed by atoms with Crippen LogP contribution in [-0.4, -0.2) is 30.2 Å². The quantitative estimate of drug-likeness (QED) is 0.864. The van der Waals surface area contributed by atoms with E-state index in [9.17, 15) is 14.3 Å². The van der Waals surface area contributed by atoms with Crippen LogP contribution in [0, 0.1) is 5.82 Å². The van der Waals surface area contributed by atoms with Crippen LogP contribution in [-0.2, 0) is 9.63 Å². The highest BCUT2D eigenvalue weighted by atomic mass is 19.1. The smallest absolute Gasteiger partial charge is 0.256 e. The number of likely N-dealkylation sites (N-methyl/N-ethyl adjacent to an activating group) is 1. The number of rotatable bonds is 5. The van der Waals surface area contributed by atoms with Crippen molar-refractivity contribution in [1.29, 1.82) is 0 Å². The van der Waals surface area contributed by atoms with Gasteiger partial charge in [-0.05, 0) is 23.3 Å². The maximum Gasteiger partial charge on any atom is 0.256 e. The van der Waals surface area contributed by atoms with Crippen molar-refractivity contribution in [3.63, 3.8) is 0 Å². The molecule has 0 bridgehead atoms. The average molecular weight is 303 g/mol. The van der Waals surface area contributed by atoms with Crippen molar-refractivity contribution in [3.8, 4) is 0 Å². The highest BCUT2D eigenvalue weighted by molar-refractivity contribution is 5.83. The molecule has 0 fully saturated rings. The van der Waals surface area contributed by atoms with Gasteiger partial charge in [-0.25, -0.2) is 9.45 Å². The molecule has 0 aliphatic rings. The van der Waals surface area contributed by atoms with E-state index in [0.717, 1.165) is 5.06 Å². The number of carbonyl (C=O) groups excluding carboxylic acids is 1. The monoisotopic (exact) mass is 303 g/mol. The summed E-state index contributed by atoms with van der Waals surface area (Å²) in [6.07, 6.45) is -1.10. The molecular weight excluding hydrogens is 285 g/mol. The second-order valence-electron chi connectivity index (χ2n) is 4.90. The lowest BCUT2D eigenvalue weighted by atomic mass is 9.88. The van der Waals surface area contributed by atoms with Crippen LogP contribution in [0.15, 0.2) is 54.6 Å². The van der Waals surface area contributed by atoms with Crippen LogP contribution in [0.3, 0.4) is 0 Å². The number of hydroxylamine groups is 2. The highest BCUT2D eigenvalue weighted by Gasteiger charge is 2.32. The Kier molecular flexibility index (Phi) is 5.25. The molecule has 0 saturated heterocycles. The molecule has 1 N–H and O–H groups in total. The van der Waals surface area contributed by atoms with E-state index in [1.165, 1.54) is 38.4 Å². The summed E-state index contributed by atoms with van der Waals surface area (Å²) in [5.41, 5.74) is 1.13. The number of hydrogen-bond donors (Lipinski definition) is 1. The molecule has 116 valence electrons. The van der Waals surface area contributed by atoms with Gasteiger partial charge < -0.3 is 5.11 Å². The lowest BCUT2D eigenvalue weighted by Gasteiger charge is -2.26. The van der Waals surface area contributed by atoms with Crippen molar-refractivity contribution in [2.45, 2.75) is 12.0 Å². The number of nitrogens with zero attached hydrogens (tertiary/aromatic N) is 1. The molecule has 0 aromatic heterocycles. The predicted molar refractivity (Wildman–Crippen MR) is 80.3 cm³/mol. The van der Waals surface area contributed by atoms with Gasteiger partial charge in [0.2, 0.25) is 0 Å². The zero-order chi connectivity index (χ0) is 16.1. The highest BCUT2D eigenvalue weighted by Crippen LogP contribution is 2.32. The van der Waals surface area contributed by atoms with E-state index < -0.39 is 17.8 Å². The van der Waals surface area contributed by atoms with E-state index in [2.05, 4.69) is 0 Å². The van der Waals surface area contributed by atoms with Crippen molar-refractivity contribution >= 4 is 5.91 Å². The molecule has 4 nitrogen and oxygen atoms in total. The van der Waals surface area contributed by atoms with Crippen LogP contribution >= 0.6 is 0 Å². The van der Waals surface area contributed by atoms with E-state index >= 15 is 0 Å². The molecule has 2 rings (SSSR count). The number of halogens is 1. The minimum atomic E-state index is -1.10. The van der Waals surface area contributed by atoms with Crippen LogP contribution in [0.1, 0.15) is 23.1 Å². The number of aliphatic hydroxyl groups excluding tert-OH is 1. The van der Waals surface area contributed by atoms with E-state index in [4.69, 9.17) is 4.84 Å². The van der Waals surface area contributed by atoms with Gasteiger partial charge in [-0.3, -0.25) is 9.63 Å². The molecule has 0 saturated carbocycles. The molecule has 22 heavy (non-hydrogen) atoms. The van der Waals surface area contributed by atoms with Crippen molar-refractivity contribution in [3.05, 3.63) is 71.5 Å². The van der Waals surface area contributed by atoms with Gasteiger partial charge in [-0.2, -0.15) is 0 Å². The van der Waals surface area contributed by atoms with Crippen LogP contribution in [0.4, 0.5) is 4.39 Å². The summed E-state index contributed by atoms with van der Waals surface area (Å²) in [5, 5.41) is 11.7. The van der Waals surface area contributed by atoms with Gasteiger partial charge >= 0.3 is 0 Å². The Labute approximate surface area is 128 Å². The van der Waals surface area contributed by atoms with Gasteiger partial charge in [0, 0.05) is 7.05 Å². The number of amides is 1. The van der Waals surface area contributed by atoms with Gasteiger partial charge in [0.1, 0.15) is 5.82 Å². The van der Waals surface area contributed by atoms with E-state index in [0.29, 0.717) is 11.1 Å². The maximum atomic E-state index is 13.0. The minimum Gasteiger partial charge on any atom is -0.387 e. The summed E-state index contributed by atoms with van der Waals surface area (Å²) < 4.78 is 13.0. The number of hydrogen-bond acceptors (Lipinski definition) is 3. The zero-order valence-electron chi connectivity index (χ0n) is 12.4. The maximum absolute atomic E-state index is 13.0. The van der Waals surface area contributed by atoms with Gasteiger partial charge in [0.25, 0.3) is 5.91 Å². The fraction of sp³-hybridized carbons (Fsp3) is 0.235. The van der Waals surface area contributed by atoms with Crippen LogP contribution in [0.5, 0.6) is 0 Å². The van der Waals surface area contributed by atoms with E-state index in [1.807, 2.05) is 6.07 Å². The Morgan fingerprint density at radius 3 is 2.23 bits per heavy atom. The van der Waals surface area contributed by atoms with Crippen molar-refractivity contribution in [2.24, 2.45) is 0 Å². The fourth-order valence-electron chi connectivity index (χ4n) is 2.26. The standard InChI is InChI=1S/C17H18FNO3/c1-19(22-2)17(21)15(12-6-4-3-5-7-12)16(20)13-8-10-14(18)11-9-13/h3-11,15-16,20H,1-2H3/t15-,16+/m0/s1. The first-order valence-corrected chi connectivity index (χ1v) is 6.84. The third-order valence-electron chi connectivity index (χ3n) is 3.54. The number of aliphatic hydroxyl groups is 1. The summed E-state index contributed by atoms with van der Waals surface area (Å²) in [6, 6.07) is 14.4. The first-order valence-electron chi connectivity index (χ1n) is 6.84. The fourth-order valence-corrected chi connectivity index (χ4v) is 2.26. The van der Waals surface area contributed by atoms with Gasteiger partial charge in [0.05, 0.1) is 19.1 Å². The summed E-state index contributed by atoms with van der Waals surface area (Å²) in [4.78, 5) is 17.5. The number of carbonyl (C=O) groups is 1. The Hall–Kier alpha value is -2.24. The first-order chi connectivity index (χ1) is 10.5. The average Bonchev–Trinajstić information content (AvgIpc) is 2.55. The molecule has 0 aliphatic carbocycles. The summed E-state index contributed by atoms with van der Waals surface area (Å²) in [6.45, 7) is 0. The summed E-state index contributed by atoms with van der Waals surface area (Å²) in [7, 11) is 2.86. The Morgan fingerprint density at radius 2 is 1.68 bits per heavy atom. The molecule has 2 aromatic rings. The Bertz CT molecular complexity index is 616. The Morgan fingerprint density at radius 1 is 1.09 bits per heavy atom. The molecule has 2 atom stereocenters. The van der Waals surface area contributed by atoms with E-state index in [-0.39, 0.29) is 5.91 Å². The number of benzene rings is 2. The zero-order valence-corrected chi connectivity index (χ0v) is 12.4. The van der Waals surface area contributed by atoms with Crippen LogP contribution in [0.25, 0.3) is 0 Å². The lowest BCUT2D eigenvalue weighted by molar-refractivity contribution is -0.173. The third kappa shape index (κ3) is 3.50. The molecule has 2 aromatic carbocycles. The normalized spacial score (nSPS) is 13.5. The van der Waals surface area contributed by atoms with Crippen molar-refractivity contribution in [2.75, 3.05) is 14.2 Å². The molecule has 0 aliphatic heterocycles. The Balaban J connectivity index is 2.39. The molecule has 5 heteroatoms. The molecule has 0 spiro atoms. The van der Waals surface area contributed by atoms with Gasteiger partial charge in [0.15, 0.2) is 0 Å². The van der Waals surface area contributed by atoms with Crippen LogP contribution in [0.2, 0.25) is 0 Å². The van der Waals surface area contributed by atoms with Crippen LogP contribution < -0.4 is 0 Å². The SMILES string of the molecule is CON(C)C(=O)[C@@H](c1ccccc1)[C@H](O)c1ccc(F)cc1. The molecule has 0 radical (unpaired) electrons. The first kappa shape index (κ1) is 16.1. The van der Waals surface area contributed by atoms with Crippen molar-refractivity contribution < 1.29 is 19.1 Å². The lowest BCUT2D eigenvalue weighted by Crippen LogP contribution is -2.34. The van der Waals surface area contributed by atoms with E-state index in [1.54, 1.807) is 24.3 Å². The predicted octanol–water partition coefficient (Wildman–Crippen LogP) is 2.66. The third-order valence-corrected chi connectivity index (χ3v) is 3.54. The van der Waals surface area contributed by atoms with Gasteiger partial charge in [-0.1, -0.05) is 42.5 Å². The second kappa shape index (κ2) is 7.15. The summed E-state index contributed by atoms with van der Waals surface area (Å²) in [5.74, 6) is -1.62. The summed E-state index contributed by atoms with van der Waals surface area (Å²) >= 11 is 0. The molecule has 1 amide bonds. The molecule has 0 heterocycles. The largest absolute Gasteiger partial charge is 0.387 e. The topological polar surface area (TPSA) is 49.8 Å². The van der Waals surface area contributed by atoms with Gasteiger partial charge in [-0.15, -0.1) is 0 Å². The molecular formula is C17H18FNO3. The van der Waals surface area contributed by atoms with Crippen molar-refractivity contribution in [1.82, 2.24) is 5.06 Å². The second-order valence-corrected chi connectivity index (χ2v) is 4.90.